The molecular weight excluding hydrogens is 235 g/mol. The van der Waals surface area contributed by atoms with Gasteiger partial charge < -0.3 is 0 Å². The van der Waals surface area contributed by atoms with Gasteiger partial charge in [-0.3, -0.25) is 0 Å². The van der Waals surface area contributed by atoms with E-state index in [0.717, 1.165) is 6.42 Å². The summed E-state index contributed by atoms with van der Waals surface area (Å²) >= 11 is 2.53. The molecule has 0 bridgehead atoms. The Labute approximate surface area is 85.0 Å². The molecule has 0 aromatic rings. The van der Waals surface area contributed by atoms with Gasteiger partial charge in [-0.05, 0) is 0 Å². The van der Waals surface area contributed by atoms with E-state index >= 15 is 0 Å². The zero-order valence-corrected chi connectivity index (χ0v) is 8.97. The van der Waals surface area contributed by atoms with Gasteiger partial charge in [0.05, 0.1) is 0 Å². The second kappa shape index (κ2) is 3.54. The second-order valence-corrected chi connectivity index (χ2v) is 5.09. The summed E-state index contributed by atoms with van der Waals surface area (Å²) in [6.45, 7) is 0.701. The molecular formula is C9H12O3Se. The number of ketones is 1. The summed E-state index contributed by atoms with van der Waals surface area (Å²) in [6, 6.07) is 0. The van der Waals surface area contributed by atoms with Crippen molar-refractivity contribution in [1.82, 2.24) is 0 Å². The molecule has 13 heavy (non-hydrogen) atoms. The van der Waals surface area contributed by atoms with Gasteiger partial charge in [-0.15, -0.1) is 0 Å². The summed E-state index contributed by atoms with van der Waals surface area (Å²) in [6.07, 6.45) is 3.12. The van der Waals surface area contributed by atoms with Gasteiger partial charge in [-0.2, -0.15) is 0 Å². The summed E-state index contributed by atoms with van der Waals surface area (Å²) < 4.78 is 5.50. The van der Waals surface area contributed by atoms with Crippen LogP contribution in [0.3, 0.4) is 0 Å². The predicted octanol–water partition coefficient (Wildman–Crippen LogP) is -0.419. The topological polar surface area (TPSA) is 46.5 Å². The average molecular weight is 247 g/mol. The van der Waals surface area contributed by atoms with Crippen molar-refractivity contribution in [2.24, 2.45) is 5.92 Å². The Morgan fingerprint density at radius 3 is 3.15 bits per heavy atom. The first kappa shape index (κ1) is 9.41. The van der Waals surface area contributed by atoms with Crippen molar-refractivity contribution in [3.05, 3.63) is 12.2 Å². The molecule has 0 aromatic heterocycles. The van der Waals surface area contributed by atoms with E-state index in [-0.39, 0.29) is 17.8 Å². The third-order valence-electron chi connectivity index (χ3n) is 2.59. The molecule has 3 nitrogen and oxygen atoms in total. The molecule has 2 aliphatic rings. The van der Waals surface area contributed by atoms with Crippen molar-refractivity contribution in [2.45, 2.75) is 23.4 Å². The minimum absolute atomic E-state index is 0.0422. The van der Waals surface area contributed by atoms with Gasteiger partial charge in [0, 0.05) is 0 Å². The van der Waals surface area contributed by atoms with E-state index in [9.17, 15) is 9.90 Å². The number of aliphatic hydroxyl groups excluding tert-OH is 1. The van der Waals surface area contributed by atoms with Crippen LogP contribution in [0, 0.1) is 5.92 Å². The monoisotopic (exact) mass is 248 g/mol. The summed E-state index contributed by atoms with van der Waals surface area (Å²) in [5.74, 6) is -0.231. The third kappa shape index (κ3) is 1.72. The van der Waals surface area contributed by atoms with Crippen molar-refractivity contribution in [3.8, 4) is 0 Å². The van der Waals surface area contributed by atoms with Crippen LogP contribution < -0.4 is 0 Å². The average Bonchev–Trinajstić information content (AvgIpc) is 2.12. The number of aliphatic hydroxyl groups is 1. The fraction of sp³-hybridized carbons (Fsp3) is 0.667. The maximum atomic E-state index is 11.2. The summed E-state index contributed by atoms with van der Waals surface area (Å²) in [5, 5.41) is 9.60. The molecule has 1 saturated heterocycles. The summed E-state index contributed by atoms with van der Waals surface area (Å²) in [5.41, 5.74) is 0. The Balaban J connectivity index is 2.17. The number of carbonyl (C=O) groups is 1. The fourth-order valence-electron chi connectivity index (χ4n) is 1.87. The van der Waals surface area contributed by atoms with Gasteiger partial charge in [0.2, 0.25) is 0 Å². The van der Waals surface area contributed by atoms with Crippen LogP contribution in [0.2, 0.25) is 4.82 Å². The molecule has 1 aliphatic heterocycles. The van der Waals surface area contributed by atoms with E-state index in [1.807, 2.05) is 0 Å². The third-order valence-corrected chi connectivity index (χ3v) is 3.35. The Morgan fingerprint density at radius 1 is 1.62 bits per heavy atom. The van der Waals surface area contributed by atoms with Crippen molar-refractivity contribution in [2.75, 3.05) is 6.61 Å². The maximum absolute atomic E-state index is 11.2. The molecule has 4 atom stereocenters. The second-order valence-electron chi connectivity index (χ2n) is 3.56. The molecule has 1 fully saturated rings. The van der Waals surface area contributed by atoms with Crippen molar-refractivity contribution in [3.63, 3.8) is 0 Å². The first-order valence-corrected chi connectivity index (χ1v) is 5.46. The molecule has 2 rings (SSSR count). The van der Waals surface area contributed by atoms with Crippen LogP contribution >= 0.6 is 0 Å². The number of rotatable bonds is 0. The molecule has 1 N–H and O–H groups in total. The van der Waals surface area contributed by atoms with Crippen molar-refractivity contribution >= 4 is 21.8 Å². The molecule has 4 unspecified atom stereocenters. The summed E-state index contributed by atoms with van der Waals surface area (Å²) in [4.78, 5) is 11.5. The molecule has 0 amide bonds. The van der Waals surface area contributed by atoms with Crippen LogP contribution in [0.15, 0.2) is 12.2 Å². The van der Waals surface area contributed by atoms with Crippen LogP contribution in [-0.4, -0.2) is 45.7 Å². The molecule has 0 aromatic carbocycles. The zero-order valence-electron chi connectivity index (χ0n) is 7.09. The van der Waals surface area contributed by atoms with Crippen molar-refractivity contribution in [1.29, 1.82) is 0 Å². The molecule has 0 spiro atoms. The van der Waals surface area contributed by atoms with Gasteiger partial charge in [0.15, 0.2) is 0 Å². The van der Waals surface area contributed by atoms with Gasteiger partial charge in [-0.25, -0.2) is 0 Å². The van der Waals surface area contributed by atoms with E-state index in [1.165, 1.54) is 6.08 Å². The normalized spacial score (nSPS) is 44.6. The first-order valence-electron chi connectivity index (χ1n) is 4.38. The quantitative estimate of drug-likeness (QED) is 0.591. The van der Waals surface area contributed by atoms with E-state index in [1.54, 1.807) is 6.08 Å². The van der Waals surface area contributed by atoms with Crippen LogP contribution in [-0.2, 0) is 9.53 Å². The van der Waals surface area contributed by atoms with E-state index in [0.29, 0.717) is 11.4 Å². The van der Waals surface area contributed by atoms with Crippen LogP contribution in [0.1, 0.15) is 6.42 Å². The SMILES string of the molecule is O=C1C=CC2OCC([SeH])CC2C1O. The first-order chi connectivity index (χ1) is 6.18. The number of hydrogen-bond donors (Lipinski definition) is 1. The van der Waals surface area contributed by atoms with Gasteiger partial charge in [-0.1, -0.05) is 0 Å². The Hall–Kier alpha value is -0.151. The van der Waals surface area contributed by atoms with E-state index < -0.39 is 6.10 Å². The van der Waals surface area contributed by atoms with Crippen LogP contribution in [0.25, 0.3) is 0 Å². The Kier molecular flexibility index (Phi) is 2.56. The zero-order chi connectivity index (χ0) is 9.42. The fourth-order valence-corrected chi connectivity index (χ4v) is 2.56. The molecule has 0 radical (unpaired) electrons. The van der Waals surface area contributed by atoms with Crippen LogP contribution in [0.4, 0.5) is 0 Å². The molecule has 4 heteroatoms. The Morgan fingerprint density at radius 2 is 2.38 bits per heavy atom. The Bertz CT molecular complexity index is 251. The molecule has 0 saturated carbocycles. The summed E-state index contributed by atoms with van der Waals surface area (Å²) in [7, 11) is 0. The predicted molar refractivity (Wildman–Crippen MR) is 48.9 cm³/mol. The van der Waals surface area contributed by atoms with Gasteiger partial charge >= 0.3 is 84.6 Å². The van der Waals surface area contributed by atoms with Gasteiger partial charge in [0.25, 0.3) is 0 Å². The van der Waals surface area contributed by atoms with Gasteiger partial charge in [0.1, 0.15) is 0 Å². The standard InChI is InChI=1S/C9H12O3Se/c10-7-1-2-8-6(9(7)11)3-5(13)4-12-8/h1-2,5-6,8-9,11,13H,3-4H2. The number of carbonyl (C=O) groups excluding carboxylic acids is 1. The van der Waals surface area contributed by atoms with Crippen molar-refractivity contribution < 1.29 is 14.6 Å². The molecule has 72 valence electrons. The number of ether oxygens (including phenoxy) is 1. The number of hydrogen-bond acceptors (Lipinski definition) is 3. The molecule has 1 aliphatic carbocycles. The molecule has 1 heterocycles. The van der Waals surface area contributed by atoms with E-state index in [4.69, 9.17) is 4.74 Å². The number of fused-ring (bicyclic) bond motifs is 1. The van der Waals surface area contributed by atoms with Crippen LogP contribution in [0.5, 0.6) is 0 Å². The van der Waals surface area contributed by atoms with E-state index in [2.05, 4.69) is 16.0 Å². The minimum atomic E-state index is -0.859.